The summed E-state index contributed by atoms with van der Waals surface area (Å²) in [7, 11) is 0. The van der Waals surface area contributed by atoms with E-state index in [1.165, 1.54) is 51.4 Å². The third-order valence-corrected chi connectivity index (χ3v) is 3.39. The topological polar surface area (TPSA) is 26.0 Å². The van der Waals surface area contributed by atoms with Crippen LogP contribution in [0.1, 0.15) is 64.7 Å². The van der Waals surface area contributed by atoms with E-state index in [2.05, 4.69) is 6.92 Å². The van der Waals surface area contributed by atoms with Crippen molar-refractivity contribution in [1.82, 2.24) is 0 Å². The van der Waals surface area contributed by atoms with E-state index in [1.54, 1.807) is 0 Å². The number of hydrogen-bond donors (Lipinski definition) is 1. The number of nitrogens with two attached hydrogens (primary N) is 1. The summed E-state index contributed by atoms with van der Waals surface area (Å²) in [6.07, 6.45) is 12.6. The molecule has 0 aromatic carbocycles. The smallest absolute Gasteiger partial charge is 0.00388 e. The van der Waals surface area contributed by atoms with Crippen molar-refractivity contribution in [3.05, 3.63) is 0 Å². The second-order valence-electron chi connectivity index (χ2n) is 4.62. The van der Waals surface area contributed by atoms with Crippen LogP contribution < -0.4 is 5.73 Å². The molecule has 14 heavy (non-hydrogen) atoms. The first-order valence-corrected chi connectivity index (χ1v) is 6.08. The number of rotatable bonds is 3. The monoisotopic (exact) mass is 219 g/mol. The minimum atomic E-state index is 0. The molecule has 0 saturated heterocycles. The number of hydrogen-bond acceptors (Lipinski definition) is 1. The van der Waals surface area contributed by atoms with E-state index < -0.39 is 0 Å². The van der Waals surface area contributed by atoms with Gasteiger partial charge in [0.2, 0.25) is 0 Å². The van der Waals surface area contributed by atoms with Crippen LogP contribution in [0.2, 0.25) is 0 Å². The Labute approximate surface area is 95.2 Å². The predicted molar refractivity (Wildman–Crippen MR) is 65.9 cm³/mol. The van der Waals surface area contributed by atoms with Gasteiger partial charge >= 0.3 is 0 Å². The Balaban J connectivity index is 0.00000169. The van der Waals surface area contributed by atoms with Gasteiger partial charge in [-0.1, -0.05) is 51.9 Å². The highest BCUT2D eigenvalue weighted by atomic mass is 35.5. The number of halogens is 1. The van der Waals surface area contributed by atoms with Crippen molar-refractivity contribution in [1.29, 1.82) is 0 Å². The first kappa shape index (κ1) is 14.2. The van der Waals surface area contributed by atoms with Crippen LogP contribution in [0.15, 0.2) is 0 Å². The fourth-order valence-electron chi connectivity index (χ4n) is 2.37. The molecule has 2 N–H and O–H groups in total. The molecular formula is C12H26ClN. The molecule has 0 amide bonds. The summed E-state index contributed by atoms with van der Waals surface area (Å²) in [5, 5.41) is 0. The van der Waals surface area contributed by atoms with Crippen molar-refractivity contribution < 1.29 is 0 Å². The zero-order valence-electron chi connectivity index (χ0n) is 9.50. The van der Waals surface area contributed by atoms with E-state index in [1.807, 2.05) is 0 Å². The molecule has 1 aliphatic carbocycles. The Morgan fingerprint density at radius 1 is 1.07 bits per heavy atom. The lowest BCUT2D eigenvalue weighted by atomic mass is 9.86. The maximum Gasteiger partial charge on any atom is 0.00388 e. The minimum absolute atomic E-state index is 0. The summed E-state index contributed by atoms with van der Waals surface area (Å²) >= 11 is 0. The molecule has 1 aliphatic rings. The van der Waals surface area contributed by atoms with Gasteiger partial charge in [-0.2, -0.15) is 0 Å². The lowest BCUT2D eigenvalue weighted by Crippen LogP contribution is -2.23. The highest BCUT2D eigenvalue weighted by Crippen LogP contribution is 2.25. The summed E-state index contributed by atoms with van der Waals surface area (Å²) < 4.78 is 0. The van der Waals surface area contributed by atoms with E-state index >= 15 is 0 Å². The first-order chi connectivity index (χ1) is 6.33. The summed E-state index contributed by atoms with van der Waals surface area (Å²) in [5.41, 5.74) is 5.99. The molecule has 0 heterocycles. The van der Waals surface area contributed by atoms with E-state index in [4.69, 9.17) is 5.73 Å². The van der Waals surface area contributed by atoms with Crippen LogP contribution in [0, 0.1) is 5.92 Å². The van der Waals surface area contributed by atoms with Gasteiger partial charge in [0, 0.05) is 6.04 Å². The molecule has 1 atom stereocenters. The average molecular weight is 220 g/mol. The Morgan fingerprint density at radius 3 is 2.07 bits per heavy atom. The third-order valence-electron chi connectivity index (χ3n) is 3.39. The van der Waals surface area contributed by atoms with E-state index in [-0.39, 0.29) is 12.4 Å². The molecule has 0 aromatic heterocycles. The van der Waals surface area contributed by atoms with Gasteiger partial charge in [0.05, 0.1) is 0 Å². The van der Waals surface area contributed by atoms with Crippen LogP contribution in [-0.4, -0.2) is 6.04 Å². The summed E-state index contributed by atoms with van der Waals surface area (Å²) in [6.45, 7) is 2.20. The van der Waals surface area contributed by atoms with Crippen molar-refractivity contribution in [3.8, 4) is 0 Å². The van der Waals surface area contributed by atoms with Gasteiger partial charge in [-0.25, -0.2) is 0 Å². The Bertz CT molecular complexity index is 119. The Morgan fingerprint density at radius 2 is 1.57 bits per heavy atom. The van der Waals surface area contributed by atoms with Gasteiger partial charge in [-0.15, -0.1) is 12.4 Å². The summed E-state index contributed by atoms with van der Waals surface area (Å²) in [5.74, 6) is 0.940. The average Bonchev–Trinajstić information content (AvgIpc) is 2.09. The lowest BCUT2D eigenvalue weighted by Gasteiger charge is -2.22. The van der Waals surface area contributed by atoms with Crippen LogP contribution >= 0.6 is 12.4 Å². The van der Waals surface area contributed by atoms with Crippen molar-refractivity contribution in [2.24, 2.45) is 11.7 Å². The fourth-order valence-corrected chi connectivity index (χ4v) is 2.37. The highest BCUT2D eigenvalue weighted by molar-refractivity contribution is 5.85. The zero-order valence-corrected chi connectivity index (χ0v) is 10.3. The third kappa shape index (κ3) is 5.87. The van der Waals surface area contributed by atoms with E-state index in [0.717, 1.165) is 12.3 Å². The standard InChI is InChI=1S/C12H25N.ClH/c1-2-12(13)10-11-8-6-4-3-5-7-9-11;/h11-12H,2-10,13H2,1H3;1H. The zero-order chi connectivity index (χ0) is 9.52. The van der Waals surface area contributed by atoms with Crippen LogP contribution in [0.5, 0.6) is 0 Å². The summed E-state index contributed by atoms with van der Waals surface area (Å²) in [6, 6.07) is 0.462. The van der Waals surface area contributed by atoms with Gasteiger partial charge in [0.25, 0.3) is 0 Å². The van der Waals surface area contributed by atoms with Gasteiger partial charge in [0.15, 0.2) is 0 Å². The van der Waals surface area contributed by atoms with Crippen molar-refractivity contribution in [2.45, 2.75) is 70.8 Å². The molecule has 0 bridgehead atoms. The van der Waals surface area contributed by atoms with E-state index in [9.17, 15) is 0 Å². The maximum absolute atomic E-state index is 5.99. The molecule has 1 rings (SSSR count). The van der Waals surface area contributed by atoms with Crippen molar-refractivity contribution in [2.75, 3.05) is 0 Å². The predicted octanol–water partition coefficient (Wildman–Crippen LogP) is 3.90. The Kier molecular flexibility index (Phi) is 8.70. The normalized spacial score (nSPS) is 21.9. The molecule has 1 fully saturated rings. The van der Waals surface area contributed by atoms with Crippen LogP contribution in [0.4, 0.5) is 0 Å². The van der Waals surface area contributed by atoms with Gasteiger partial charge in [-0.3, -0.25) is 0 Å². The van der Waals surface area contributed by atoms with Gasteiger partial charge in [-0.05, 0) is 18.8 Å². The summed E-state index contributed by atoms with van der Waals surface area (Å²) in [4.78, 5) is 0. The molecule has 1 nitrogen and oxygen atoms in total. The van der Waals surface area contributed by atoms with Gasteiger partial charge < -0.3 is 5.73 Å². The minimum Gasteiger partial charge on any atom is -0.328 e. The fraction of sp³-hybridized carbons (Fsp3) is 1.00. The van der Waals surface area contributed by atoms with Gasteiger partial charge in [0.1, 0.15) is 0 Å². The second kappa shape index (κ2) is 8.55. The molecule has 1 unspecified atom stereocenters. The highest BCUT2D eigenvalue weighted by Gasteiger charge is 2.13. The largest absolute Gasteiger partial charge is 0.328 e. The molecule has 0 aliphatic heterocycles. The lowest BCUT2D eigenvalue weighted by molar-refractivity contribution is 0.333. The molecule has 1 saturated carbocycles. The molecule has 2 heteroatoms. The molecule has 0 spiro atoms. The first-order valence-electron chi connectivity index (χ1n) is 6.08. The molecular weight excluding hydrogens is 194 g/mol. The van der Waals surface area contributed by atoms with Crippen molar-refractivity contribution >= 4 is 12.4 Å². The maximum atomic E-state index is 5.99. The molecule has 0 aromatic rings. The van der Waals surface area contributed by atoms with Crippen LogP contribution in [0.3, 0.4) is 0 Å². The van der Waals surface area contributed by atoms with Crippen LogP contribution in [-0.2, 0) is 0 Å². The molecule has 86 valence electrons. The Hall–Kier alpha value is 0.250. The quantitative estimate of drug-likeness (QED) is 0.766. The second-order valence-corrected chi connectivity index (χ2v) is 4.62. The SMILES string of the molecule is CCC(N)CC1CCCCCCC1.Cl. The van der Waals surface area contributed by atoms with Crippen LogP contribution in [0.25, 0.3) is 0 Å². The molecule has 0 radical (unpaired) electrons. The van der Waals surface area contributed by atoms with Crippen molar-refractivity contribution in [3.63, 3.8) is 0 Å². The van der Waals surface area contributed by atoms with E-state index in [0.29, 0.717) is 6.04 Å².